The van der Waals surface area contributed by atoms with E-state index in [0.29, 0.717) is 3.57 Å². The van der Waals surface area contributed by atoms with Gasteiger partial charge < -0.3 is 0 Å². The molecule has 0 N–H and O–H groups in total. The second kappa shape index (κ2) is 7.48. The largest absolute Gasteiger partial charge is 0.0580 e. The highest BCUT2D eigenvalue weighted by Crippen LogP contribution is 2.11. The summed E-state index contributed by atoms with van der Waals surface area (Å²) in [5.74, 6) is 0. The first kappa shape index (κ1) is 8.95. The third-order valence-corrected chi connectivity index (χ3v) is 3.79. The average Bonchev–Trinajstić information content (AvgIpc) is 2.41. The van der Waals surface area contributed by atoms with Crippen molar-refractivity contribution in [3.63, 3.8) is 0 Å². The predicted octanol–water partition coefficient (Wildman–Crippen LogP) is 5.82. The van der Waals surface area contributed by atoms with Gasteiger partial charge in [0.2, 0.25) is 0 Å². The first-order valence-electron chi connectivity index (χ1n) is 8.35. The van der Waals surface area contributed by atoms with Crippen LogP contribution in [0.4, 0.5) is 0 Å². The molecule has 0 unspecified atom stereocenters. The van der Waals surface area contributed by atoms with E-state index >= 15 is 0 Å². The minimum Gasteiger partial charge on any atom is -0.0580 e. The molecule has 0 radical (unpaired) electrons. The van der Waals surface area contributed by atoms with E-state index in [9.17, 15) is 0 Å². The minimum atomic E-state index is -2.38. The molecule has 0 aromatic heterocycles. The van der Waals surface area contributed by atoms with Crippen LogP contribution in [0.5, 0.6) is 0 Å². The normalized spacial score (nSPS) is 16.0. The van der Waals surface area contributed by atoms with Crippen LogP contribution in [0, 0.1) is 34.7 Å². The average molecular weight is 470 g/mol. The highest BCUT2D eigenvalue weighted by Gasteiger charge is 1.90. The van der Waals surface area contributed by atoms with Crippen molar-refractivity contribution in [1.82, 2.24) is 0 Å². The van der Waals surface area contributed by atoms with Gasteiger partial charge in [-0.05, 0) is 119 Å². The van der Waals surface area contributed by atoms with E-state index < -0.39 is 13.7 Å². The molecule has 0 spiro atoms. The molecule has 0 saturated heterocycles. The number of hydrogen-bond acceptors (Lipinski definition) is 0. The van der Waals surface area contributed by atoms with Crippen LogP contribution in [0.3, 0.4) is 0 Å². The first-order valence-corrected chi connectivity index (χ1v) is 7.51. The molecule has 0 heterocycles. The quantitative estimate of drug-likeness (QED) is 0.426. The van der Waals surface area contributed by atoms with Crippen LogP contribution in [0.1, 0.15) is 30.5 Å². The predicted molar refractivity (Wildman–Crippen MR) is 97.3 cm³/mol. The van der Waals surface area contributed by atoms with Gasteiger partial charge in [0.25, 0.3) is 0 Å². The Morgan fingerprint density at radius 3 is 1.67 bits per heavy atom. The lowest BCUT2D eigenvalue weighted by Crippen LogP contribution is -1.79. The van der Waals surface area contributed by atoms with Crippen LogP contribution in [0.25, 0.3) is 0 Å². The Kier molecular flexibility index (Phi) is 3.72. The van der Waals surface area contributed by atoms with Crippen LogP contribution in [0.15, 0.2) is 36.4 Å². The molecule has 0 atom stereocenters. The molecule has 0 aliphatic heterocycles. The smallest absolute Gasteiger partial charge is 0.0280 e. The zero-order chi connectivity index (χ0) is 18.7. The maximum absolute atomic E-state index is 7.27. The maximum atomic E-state index is 7.27. The maximum Gasteiger partial charge on any atom is 0.0280 e. The molecule has 0 amide bonds. The van der Waals surface area contributed by atoms with Crippen molar-refractivity contribution in [2.75, 3.05) is 0 Å². The van der Waals surface area contributed by atoms with E-state index in [2.05, 4.69) is 54.6 Å². The molecule has 0 aliphatic carbocycles. The Balaban J connectivity index is 0.000000272. The third kappa shape index (κ3) is 5.26. The molecule has 0 fully saturated rings. The molecule has 18 heavy (non-hydrogen) atoms. The zero-order valence-corrected chi connectivity index (χ0v) is 14.5. The van der Waals surface area contributed by atoms with Gasteiger partial charge in [-0.1, -0.05) is 12.1 Å². The van der Waals surface area contributed by atoms with Gasteiger partial charge in [0.05, 0.1) is 0 Å². The standard InChI is InChI=1S/2C8H9I/c2*1-6-3-4-8(9)5-7(6)2/h2*3-5H,1-2H3/i1D3,2D3;. The lowest BCUT2D eigenvalue weighted by Gasteiger charge is -1.97. The Hall–Kier alpha value is -0.100. The zero-order valence-electron chi connectivity index (χ0n) is 16.2. The molecular formula is C16H18I2. The van der Waals surface area contributed by atoms with Gasteiger partial charge in [-0.3, -0.25) is 0 Å². The summed E-state index contributed by atoms with van der Waals surface area (Å²) < 4.78 is 45.6. The lowest BCUT2D eigenvalue weighted by molar-refractivity contribution is 1.33. The molecule has 96 valence electrons. The Morgan fingerprint density at radius 1 is 0.722 bits per heavy atom. The molecular weight excluding hydrogens is 446 g/mol. The first-order chi connectivity index (χ1) is 10.8. The van der Waals surface area contributed by atoms with Gasteiger partial charge in [0.15, 0.2) is 0 Å². The highest BCUT2D eigenvalue weighted by atomic mass is 127. The topological polar surface area (TPSA) is 0 Å². The molecule has 2 heteroatoms. The van der Waals surface area contributed by atoms with Crippen molar-refractivity contribution in [2.45, 2.75) is 27.6 Å². The molecule has 0 saturated carbocycles. The lowest BCUT2D eigenvalue weighted by atomic mass is 10.1. The molecule has 0 bridgehead atoms. The second-order valence-corrected chi connectivity index (χ2v) is 6.41. The summed E-state index contributed by atoms with van der Waals surface area (Å²) in [6, 6.07) is 10.8. The van der Waals surface area contributed by atoms with E-state index in [1.54, 1.807) is 6.07 Å². The Morgan fingerprint density at radius 2 is 1.22 bits per heavy atom. The number of rotatable bonds is 0. The molecule has 0 nitrogen and oxygen atoms in total. The van der Waals surface area contributed by atoms with E-state index in [1.807, 2.05) is 22.6 Å². The van der Waals surface area contributed by atoms with Crippen LogP contribution in [0.2, 0.25) is 0 Å². The number of hydrogen-bond donors (Lipinski definition) is 0. The number of benzene rings is 2. The van der Waals surface area contributed by atoms with Crippen molar-refractivity contribution in [2.24, 2.45) is 0 Å². The van der Waals surface area contributed by atoms with Gasteiger partial charge in [0, 0.05) is 15.4 Å². The summed E-state index contributed by atoms with van der Waals surface area (Å²) in [5.41, 5.74) is 2.56. The molecule has 2 aromatic carbocycles. The monoisotopic (exact) mass is 470 g/mol. The van der Waals surface area contributed by atoms with Crippen molar-refractivity contribution >= 4 is 45.2 Å². The molecule has 2 rings (SSSR count). The van der Waals surface area contributed by atoms with E-state index in [-0.39, 0.29) is 11.1 Å². The Bertz CT molecular complexity index is 705. The number of halogens is 2. The van der Waals surface area contributed by atoms with E-state index in [1.165, 1.54) is 26.8 Å². The molecule has 0 aliphatic rings. The molecule has 2 aromatic rings. The Labute approximate surface area is 146 Å². The van der Waals surface area contributed by atoms with Crippen molar-refractivity contribution in [3.8, 4) is 0 Å². The SMILES string of the molecule is Cc1ccc(I)cc1C.[2H]C([2H])([2H])c1ccc(I)cc1C([2H])([2H])[2H]. The van der Waals surface area contributed by atoms with Crippen LogP contribution in [-0.4, -0.2) is 0 Å². The number of aryl methyl sites for hydroxylation is 4. The van der Waals surface area contributed by atoms with E-state index in [0.717, 1.165) is 0 Å². The summed E-state index contributed by atoms with van der Waals surface area (Å²) in [6.45, 7) is -0.498. The summed E-state index contributed by atoms with van der Waals surface area (Å²) in [7, 11) is 0. The van der Waals surface area contributed by atoms with Crippen LogP contribution in [-0.2, 0) is 0 Å². The third-order valence-electron chi connectivity index (χ3n) is 2.45. The van der Waals surface area contributed by atoms with Gasteiger partial charge in [-0.15, -0.1) is 0 Å². The summed E-state index contributed by atoms with van der Waals surface area (Å²) in [5, 5.41) is 0. The van der Waals surface area contributed by atoms with E-state index in [4.69, 9.17) is 8.22 Å². The fraction of sp³-hybridized carbons (Fsp3) is 0.250. The summed E-state index contributed by atoms with van der Waals surface area (Å²) in [4.78, 5) is 0. The van der Waals surface area contributed by atoms with Crippen LogP contribution >= 0.6 is 45.2 Å². The fourth-order valence-corrected chi connectivity index (χ4v) is 2.36. The van der Waals surface area contributed by atoms with Crippen LogP contribution < -0.4 is 0 Å². The van der Waals surface area contributed by atoms with Crippen molar-refractivity contribution < 1.29 is 8.22 Å². The van der Waals surface area contributed by atoms with Crippen molar-refractivity contribution in [1.29, 1.82) is 0 Å². The minimum absolute atomic E-state index is 0.0885. The summed E-state index contributed by atoms with van der Waals surface area (Å²) in [6.07, 6.45) is 0. The van der Waals surface area contributed by atoms with Crippen molar-refractivity contribution in [3.05, 3.63) is 65.8 Å². The second-order valence-electron chi connectivity index (χ2n) is 3.92. The highest BCUT2D eigenvalue weighted by molar-refractivity contribution is 14.1. The van der Waals surface area contributed by atoms with Gasteiger partial charge in [-0.25, -0.2) is 0 Å². The van der Waals surface area contributed by atoms with Gasteiger partial charge in [0.1, 0.15) is 0 Å². The summed E-state index contributed by atoms with van der Waals surface area (Å²) >= 11 is 4.28. The van der Waals surface area contributed by atoms with Gasteiger partial charge >= 0.3 is 0 Å². The van der Waals surface area contributed by atoms with Gasteiger partial charge in [-0.2, -0.15) is 0 Å². The fourth-order valence-electron chi connectivity index (χ4n) is 1.22.